The van der Waals surface area contributed by atoms with Crippen LogP contribution in [-0.2, 0) is 19.7 Å². The number of esters is 1. The minimum Gasteiger partial charge on any atom is -0.494 e. The standard InChI is InChI=1S/C20H18N2O4/c1-3-25-18-7-5-4-6-15(18)20(12-26-13(2)23)16-10-14(11-21)8-9-17(16)22-19(20)24/h4-10H,3,12H2,1-2H3,(H,22,24). The van der Waals surface area contributed by atoms with Crippen LogP contribution in [0.1, 0.15) is 30.5 Å². The molecule has 1 atom stereocenters. The van der Waals surface area contributed by atoms with Crippen LogP contribution in [0.4, 0.5) is 5.69 Å². The highest BCUT2D eigenvalue weighted by atomic mass is 16.5. The van der Waals surface area contributed by atoms with Crippen molar-refractivity contribution in [2.45, 2.75) is 19.3 Å². The molecule has 132 valence electrons. The molecule has 0 fully saturated rings. The van der Waals surface area contributed by atoms with Gasteiger partial charge in [-0.3, -0.25) is 9.59 Å². The summed E-state index contributed by atoms with van der Waals surface area (Å²) >= 11 is 0. The number of fused-ring (bicyclic) bond motifs is 1. The van der Waals surface area contributed by atoms with E-state index in [1.54, 1.807) is 36.4 Å². The first-order valence-corrected chi connectivity index (χ1v) is 8.24. The third-order valence-corrected chi connectivity index (χ3v) is 4.38. The Morgan fingerprint density at radius 3 is 2.69 bits per heavy atom. The Morgan fingerprint density at radius 2 is 2.00 bits per heavy atom. The fourth-order valence-electron chi connectivity index (χ4n) is 3.23. The normalized spacial score (nSPS) is 17.8. The average molecular weight is 350 g/mol. The summed E-state index contributed by atoms with van der Waals surface area (Å²) in [6.07, 6.45) is 0. The lowest BCUT2D eigenvalue weighted by molar-refractivity contribution is -0.143. The molecule has 2 aromatic rings. The number of para-hydroxylation sites is 1. The zero-order chi connectivity index (χ0) is 18.7. The summed E-state index contributed by atoms with van der Waals surface area (Å²) in [5.41, 5.74) is 0.915. The molecule has 0 radical (unpaired) electrons. The number of ether oxygens (including phenoxy) is 2. The highest BCUT2D eigenvalue weighted by Crippen LogP contribution is 2.46. The maximum atomic E-state index is 13.1. The molecule has 26 heavy (non-hydrogen) atoms. The van der Waals surface area contributed by atoms with Gasteiger partial charge in [0.05, 0.1) is 18.2 Å². The Morgan fingerprint density at radius 1 is 1.23 bits per heavy atom. The molecule has 0 aliphatic carbocycles. The molecular formula is C20H18N2O4. The van der Waals surface area contributed by atoms with Crippen LogP contribution in [0.5, 0.6) is 5.75 Å². The summed E-state index contributed by atoms with van der Waals surface area (Å²) in [4.78, 5) is 24.6. The van der Waals surface area contributed by atoms with Gasteiger partial charge in [0.15, 0.2) is 0 Å². The molecule has 0 saturated carbocycles. The first kappa shape index (κ1) is 17.5. The second kappa shape index (κ2) is 6.89. The second-order valence-electron chi connectivity index (χ2n) is 5.94. The zero-order valence-electron chi connectivity index (χ0n) is 14.5. The number of amides is 1. The van der Waals surface area contributed by atoms with Crippen LogP contribution >= 0.6 is 0 Å². The zero-order valence-corrected chi connectivity index (χ0v) is 14.5. The van der Waals surface area contributed by atoms with Crippen molar-refractivity contribution >= 4 is 17.6 Å². The summed E-state index contributed by atoms with van der Waals surface area (Å²) in [6, 6.07) is 14.2. The van der Waals surface area contributed by atoms with Gasteiger partial charge in [-0.1, -0.05) is 18.2 Å². The summed E-state index contributed by atoms with van der Waals surface area (Å²) in [5, 5.41) is 12.1. The molecule has 1 aliphatic rings. The van der Waals surface area contributed by atoms with Crippen molar-refractivity contribution in [3.05, 3.63) is 59.2 Å². The lowest BCUT2D eigenvalue weighted by atomic mass is 9.75. The van der Waals surface area contributed by atoms with Crippen molar-refractivity contribution < 1.29 is 19.1 Å². The van der Waals surface area contributed by atoms with Gasteiger partial charge in [0.2, 0.25) is 5.91 Å². The number of nitriles is 1. The fourth-order valence-corrected chi connectivity index (χ4v) is 3.23. The van der Waals surface area contributed by atoms with Crippen molar-refractivity contribution in [2.24, 2.45) is 0 Å². The summed E-state index contributed by atoms with van der Waals surface area (Å²) in [5.74, 6) is -0.278. The predicted molar refractivity (Wildman–Crippen MR) is 94.8 cm³/mol. The van der Waals surface area contributed by atoms with Crippen molar-refractivity contribution in [2.75, 3.05) is 18.5 Å². The van der Waals surface area contributed by atoms with Gasteiger partial charge in [-0.2, -0.15) is 5.26 Å². The third kappa shape index (κ3) is 2.78. The van der Waals surface area contributed by atoms with Gasteiger partial charge < -0.3 is 14.8 Å². The Labute approximate surface area is 151 Å². The van der Waals surface area contributed by atoms with Crippen molar-refractivity contribution in [1.82, 2.24) is 0 Å². The van der Waals surface area contributed by atoms with Crippen molar-refractivity contribution in [3.63, 3.8) is 0 Å². The predicted octanol–water partition coefficient (Wildman–Crippen LogP) is 2.76. The molecule has 0 aromatic heterocycles. The first-order valence-electron chi connectivity index (χ1n) is 8.24. The second-order valence-corrected chi connectivity index (χ2v) is 5.94. The van der Waals surface area contributed by atoms with Crippen LogP contribution in [0.15, 0.2) is 42.5 Å². The van der Waals surface area contributed by atoms with Crippen molar-refractivity contribution in [3.8, 4) is 11.8 Å². The lowest BCUT2D eigenvalue weighted by Crippen LogP contribution is -2.41. The topological polar surface area (TPSA) is 88.4 Å². The van der Waals surface area contributed by atoms with Gasteiger partial charge in [-0.15, -0.1) is 0 Å². The van der Waals surface area contributed by atoms with Crippen LogP contribution in [0, 0.1) is 11.3 Å². The van der Waals surface area contributed by atoms with Gasteiger partial charge in [0.25, 0.3) is 0 Å². The molecule has 1 amide bonds. The highest BCUT2D eigenvalue weighted by molar-refractivity contribution is 6.09. The number of benzene rings is 2. The fraction of sp³-hybridized carbons (Fsp3) is 0.250. The molecule has 2 aromatic carbocycles. The van der Waals surface area contributed by atoms with E-state index in [4.69, 9.17) is 9.47 Å². The van der Waals surface area contributed by atoms with E-state index < -0.39 is 11.4 Å². The van der Waals surface area contributed by atoms with Gasteiger partial charge in [0, 0.05) is 23.7 Å². The molecule has 1 N–H and O–H groups in total. The molecule has 0 spiro atoms. The van der Waals surface area contributed by atoms with Gasteiger partial charge in [-0.25, -0.2) is 0 Å². The Bertz CT molecular complexity index is 916. The van der Waals surface area contributed by atoms with Crippen molar-refractivity contribution in [1.29, 1.82) is 5.26 Å². The molecular weight excluding hydrogens is 332 g/mol. The van der Waals surface area contributed by atoms with Gasteiger partial charge in [0.1, 0.15) is 17.8 Å². The minimum atomic E-state index is -1.28. The van der Waals surface area contributed by atoms with E-state index in [0.29, 0.717) is 34.7 Å². The maximum absolute atomic E-state index is 13.1. The van der Waals surface area contributed by atoms with E-state index in [9.17, 15) is 14.9 Å². The number of hydrogen-bond donors (Lipinski definition) is 1. The smallest absolute Gasteiger partial charge is 0.302 e. The van der Waals surface area contributed by atoms with Gasteiger partial charge in [-0.05, 0) is 31.2 Å². The Kier molecular flexibility index (Phi) is 4.63. The number of rotatable bonds is 5. The molecule has 6 heteroatoms. The first-order chi connectivity index (χ1) is 12.5. The monoisotopic (exact) mass is 350 g/mol. The number of anilines is 1. The maximum Gasteiger partial charge on any atom is 0.302 e. The molecule has 3 rings (SSSR count). The van der Waals surface area contributed by atoms with Crippen LogP contribution in [0.2, 0.25) is 0 Å². The molecule has 1 unspecified atom stereocenters. The lowest BCUT2D eigenvalue weighted by Gasteiger charge is -2.29. The third-order valence-electron chi connectivity index (χ3n) is 4.38. The van der Waals surface area contributed by atoms with Crippen LogP contribution in [-0.4, -0.2) is 25.1 Å². The van der Waals surface area contributed by atoms with E-state index in [2.05, 4.69) is 11.4 Å². The molecule has 1 heterocycles. The summed E-state index contributed by atoms with van der Waals surface area (Å²) < 4.78 is 11.0. The van der Waals surface area contributed by atoms with E-state index >= 15 is 0 Å². The summed E-state index contributed by atoms with van der Waals surface area (Å²) in [7, 11) is 0. The van der Waals surface area contributed by atoms with E-state index in [-0.39, 0.29) is 12.5 Å². The molecule has 1 aliphatic heterocycles. The summed E-state index contributed by atoms with van der Waals surface area (Å²) in [6.45, 7) is 3.39. The molecule has 0 bridgehead atoms. The van der Waals surface area contributed by atoms with E-state index in [1.807, 2.05) is 13.0 Å². The van der Waals surface area contributed by atoms with Crippen LogP contribution < -0.4 is 10.1 Å². The number of carbonyl (C=O) groups excluding carboxylic acids is 2. The number of nitrogens with one attached hydrogen (secondary N) is 1. The minimum absolute atomic E-state index is 0.180. The quantitative estimate of drug-likeness (QED) is 0.838. The Hall–Kier alpha value is -3.33. The highest BCUT2D eigenvalue weighted by Gasteiger charge is 2.51. The SMILES string of the molecule is CCOc1ccccc1C1(COC(C)=O)C(=O)Nc2ccc(C#N)cc21. The Balaban J connectivity index is 2.27. The largest absolute Gasteiger partial charge is 0.494 e. The number of nitrogens with zero attached hydrogens (tertiary/aromatic N) is 1. The van der Waals surface area contributed by atoms with Crippen LogP contribution in [0.25, 0.3) is 0 Å². The molecule has 6 nitrogen and oxygen atoms in total. The van der Waals surface area contributed by atoms with E-state index in [0.717, 1.165) is 0 Å². The average Bonchev–Trinajstić information content (AvgIpc) is 2.92. The molecule has 0 saturated heterocycles. The van der Waals surface area contributed by atoms with Crippen LogP contribution in [0.3, 0.4) is 0 Å². The van der Waals surface area contributed by atoms with E-state index in [1.165, 1.54) is 6.92 Å². The number of hydrogen-bond acceptors (Lipinski definition) is 5. The number of carbonyl (C=O) groups is 2. The van der Waals surface area contributed by atoms with Gasteiger partial charge >= 0.3 is 5.97 Å².